The van der Waals surface area contributed by atoms with Crippen LogP contribution < -0.4 is 10.1 Å². The minimum absolute atomic E-state index is 0.0972. The summed E-state index contributed by atoms with van der Waals surface area (Å²) < 4.78 is 5.09. The fraction of sp³-hybridized carbons (Fsp3) is 0.0588. The second kappa shape index (κ2) is 5.66. The van der Waals surface area contributed by atoms with E-state index < -0.39 is 5.91 Å². The highest BCUT2D eigenvalue weighted by Crippen LogP contribution is 2.30. The van der Waals surface area contributed by atoms with Crippen molar-refractivity contribution >= 4 is 35.1 Å². The number of amides is 1. The molecule has 5 heteroatoms. The molecule has 1 aliphatic rings. The molecule has 3 rings (SSSR count). The van der Waals surface area contributed by atoms with Crippen molar-refractivity contribution in [3.63, 3.8) is 0 Å². The van der Waals surface area contributed by atoms with E-state index in [9.17, 15) is 9.59 Å². The van der Waals surface area contributed by atoms with Crippen molar-refractivity contribution in [3.05, 3.63) is 64.2 Å². The maximum Gasteiger partial charge on any atom is 0.259 e. The Balaban J connectivity index is 2.02. The van der Waals surface area contributed by atoms with E-state index in [0.717, 1.165) is 5.56 Å². The Morgan fingerprint density at radius 3 is 2.50 bits per heavy atom. The monoisotopic (exact) mass is 313 g/mol. The lowest BCUT2D eigenvalue weighted by atomic mass is 9.95. The summed E-state index contributed by atoms with van der Waals surface area (Å²) in [4.78, 5) is 24.7. The molecular weight excluding hydrogens is 302 g/mol. The smallest absolute Gasteiger partial charge is 0.259 e. The summed E-state index contributed by atoms with van der Waals surface area (Å²) in [5, 5.41) is 3.31. The predicted molar refractivity (Wildman–Crippen MR) is 85.4 cm³/mol. The normalized spacial score (nSPS) is 15.5. The van der Waals surface area contributed by atoms with Gasteiger partial charge in [-0.25, -0.2) is 0 Å². The molecule has 0 spiro atoms. The number of ether oxygens (including phenoxy) is 1. The van der Waals surface area contributed by atoms with Crippen LogP contribution in [0.3, 0.4) is 0 Å². The van der Waals surface area contributed by atoms with E-state index in [1.165, 1.54) is 7.11 Å². The van der Waals surface area contributed by atoms with Gasteiger partial charge in [-0.3, -0.25) is 9.59 Å². The summed E-state index contributed by atoms with van der Waals surface area (Å²) in [7, 11) is 1.53. The summed E-state index contributed by atoms with van der Waals surface area (Å²) in [6, 6.07) is 11.9. The number of benzene rings is 2. The summed E-state index contributed by atoms with van der Waals surface area (Å²) in [5.74, 6) is -0.158. The largest absolute Gasteiger partial charge is 0.497 e. The number of carbonyl (C=O) groups is 2. The fourth-order valence-corrected chi connectivity index (χ4v) is 2.37. The first-order valence-corrected chi connectivity index (χ1v) is 6.97. The minimum atomic E-state index is -0.430. The molecule has 1 N–H and O–H groups in total. The van der Waals surface area contributed by atoms with Crippen LogP contribution >= 0.6 is 11.6 Å². The van der Waals surface area contributed by atoms with Crippen LogP contribution in [0.1, 0.15) is 15.9 Å². The molecule has 0 aliphatic carbocycles. The van der Waals surface area contributed by atoms with Gasteiger partial charge in [0.1, 0.15) is 5.75 Å². The molecule has 110 valence electrons. The number of hydrogen-bond donors (Lipinski definition) is 1. The van der Waals surface area contributed by atoms with Crippen LogP contribution in [0, 0.1) is 0 Å². The average molecular weight is 314 g/mol. The molecule has 4 nitrogen and oxygen atoms in total. The number of halogens is 1. The maximum absolute atomic E-state index is 12.5. The Hall–Kier alpha value is -2.59. The van der Waals surface area contributed by atoms with Gasteiger partial charge in [-0.1, -0.05) is 23.7 Å². The first-order valence-electron chi connectivity index (χ1n) is 6.60. The lowest BCUT2D eigenvalue weighted by Gasteiger charge is -2.18. The summed E-state index contributed by atoms with van der Waals surface area (Å²) in [6.07, 6.45) is 1.56. The van der Waals surface area contributed by atoms with Gasteiger partial charge >= 0.3 is 0 Å². The van der Waals surface area contributed by atoms with E-state index in [1.807, 2.05) is 0 Å². The van der Waals surface area contributed by atoms with Gasteiger partial charge < -0.3 is 10.1 Å². The van der Waals surface area contributed by atoms with Gasteiger partial charge in [-0.15, -0.1) is 0 Å². The second-order valence-corrected chi connectivity index (χ2v) is 5.24. The number of fused-ring (bicyclic) bond motifs is 1. The van der Waals surface area contributed by atoms with E-state index in [1.54, 1.807) is 48.5 Å². The number of nitrogens with one attached hydrogen (secondary N) is 1. The van der Waals surface area contributed by atoms with E-state index in [4.69, 9.17) is 16.3 Å². The van der Waals surface area contributed by atoms with Crippen molar-refractivity contribution in [2.24, 2.45) is 0 Å². The Morgan fingerprint density at radius 2 is 1.82 bits per heavy atom. The first-order chi connectivity index (χ1) is 10.6. The lowest BCUT2D eigenvalue weighted by Crippen LogP contribution is -2.27. The molecule has 2 aromatic rings. The van der Waals surface area contributed by atoms with E-state index in [0.29, 0.717) is 22.0 Å². The highest BCUT2D eigenvalue weighted by atomic mass is 35.5. The quantitative estimate of drug-likeness (QED) is 0.681. The van der Waals surface area contributed by atoms with Crippen LogP contribution in [0.2, 0.25) is 5.02 Å². The molecule has 0 aromatic heterocycles. The number of hydrogen-bond acceptors (Lipinski definition) is 3. The van der Waals surface area contributed by atoms with Gasteiger partial charge in [0, 0.05) is 16.7 Å². The molecule has 1 heterocycles. The zero-order valence-electron chi connectivity index (χ0n) is 11.7. The fourth-order valence-electron chi connectivity index (χ4n) is 2.25. The van der Waals surface area contributed by atoms with Crippen LogP contribution in [-0.2, 0) is 4.79 Å². The molecule has 2 aromatic carbocycles. The third-order valence-electron chi connectivity index (χ3n) is 3.39. The van der Waals surface area contributed by atoms with Crippen molar-refractivity contribution in [2.75, 3.05) is 12.4 Å². The molecule has 1 amide bonds. The molecule has 0 bridgehead atoms. The van der Waals surface area contributed by atoms with Crippen LogP contribution in [0.15, 0.2) is 48.0 Å². The van der Waals surface area contributed by atoms with Crippen LogP contribution in [-0.4, -0.2) is 18.8 Å². The van der Waals surface area contributed by atoms with Crippen molar-refractivity contribution in [1.82, 2.24) is 0 Å². The number of methoxy groups -OCH3 is 1. The van der Waals surface area contributed by atoms with Gasteiger partial charge in [0.2, 0.25) is 5.78 Å². The zero-order chi connectivity index (χ0) is 15.7. The molecule has 1 aliphatic heterocycles. The Labute approximate surface area is 132 Å². The molecule has 0 fully saturated rings. The number of anilines is 1. The predicted octanol–water partition coefficient (Wildman–Crippen LogP) is 3.57. The first kappa shape index (κ1) is 14.4. The number of ketones is 1. The van der Waals surface area contributed by atoms with Gasteiger partial charge in [0.05, 0.1) is 18.4 Å². The summed E-state index contributed by atoms with van der Waals surface area (Å²) in [5.41, 5.74) is 1.74. The van der Waals surface area contributed by atoms with Gasteiger partial charge in [-0.2, -0.15) is 0 Å². The molecule has 0 saturated heterocycles. The summed E-state index contributed by atoms with van der Waals surface area (Å²) >= 11 is 5.83. The second-order valence-electron chi connectivity index (χ2n) is 4.80. The van der Waals surface area contributed by atoms with E-state index in [-0.39, 0.29) is 11.4 Å². The highest BCUT2D eigenvalue weighted by Gasteiger charge is 2.28. The van der Waals surface area contributed by atoms with Crippen LogP contribution in [0.4, 0.5) is 5.69 Å². The van der Waals surface area contributed by atoms with Crippen molar-refractivity contribution in [1.29, 1.82) is 0 Å². The SMILES string of the molecule is COc1ccc2c(c1)NC(=O)/C(=C\c1ccc(Cl)cc1)C2=O. The van der Waals surface area contributed by atoms with Crippen molar-refractivity contribution < 1.29 is 14.3 Å². The number of Topliss-reactive ketones (excluding diaryl/α,β-unsaturated/α-hetero) is 1. The topological polar surface area (TPSA) is 55.4 Å². The van der Waals surface area contributed by atoms with Gasteiger partial charge in [-0.05, 0) is 35.9 Å². The Bertz CT molecular complexity index is 794. The third kappa shape index (κ3) is 2.61. The number of carbonyl (C=O) groups excluding carboxylic acids is 2. The Kier molecular flexibility index (Phi) is 3.69. The van der Waals surface area contributed by atoms with Gasteiger partial charge in [0.25, 0.3) is 5.91 Å². The molecular formula is C17H12ClNO3. The van der Waals surface area contributed by atoms with Gasteiger partial charge in [0.15, 0.2) is 0 Å². The van der Waals surface area contributed by atoms with Crippen LogP contribution in [0.5, 0.6) is 5.75 Å². The van der Waals surface area contributed by atoms with Crippen LogP contribution in [0.25, 0.3) is 6.08 Å². The standard InChI is InChI=1S/C17H12ClNO3/c1-22-12-6-7-13-15(9-12)19-17(21)14(16(13)20)8-10-2-4-11(18)5-3-10/h2-9H,1H3,(H,19,21)/b14-8-. The maximum atomic E-state index is 12.5. The molecule has 0 unspecified atom stereocenters. The highest BCUT2D eigenvalue weighted by molar-refractivity contribution is 6.36. The van der Waals surface area contributed by atoms with Crippen molar-refractivity contribution in [3.8, 4) is 5.75 Å². The average Bonchev–Trinajstić information content (AvgIpc) is 2.52. The number of rotatable bonds is 2. The van der Waals surface area contributed by atoms with E-state index in [2.05, 4.69) is 5.32 Å². The molecule has 0 radical (unpaired) electrons. The summed E-state index contributed by atoms with van der Waals surface area (Å²) in [6.45, 7) is 0. The Morgan fingerprint density at radius 1 is 1.09 bits per heavy atom. The molecule has 22 heavy (non-hydrogen) atoms. The third-order valence-corrected chi connectivity index (χ3v) is 3.64. The molecule has 0 saturated carbocycles. The zero-order valence-corrected chi connectivity index (χ0v) is 12.5. The van der Waals surface area contributed by atoms with E-state index >= 15 is 0 Å². The molecule has 0 atom stereocenters. The lowest BCUT2D eigenvalue weighted by molar-refractivity contribution is -0.112. The van der Waals surface area contributed by atoms with Crippen molar-refractivity contribution in [2.45, 2.75) is 0 Å². The minimum Gasteiger partial charge on any atom is -0.497 e.